The predicted molar refractivity (Wildman–Crippen MR) is 138 cm³/mol. The van der Waals surface area contributed by atoms with E-state index in [4.69, 9.17) is 14.5 Å². The normalized spacial score (nSPS) is 19.8. The maximum Gasteiger partial charge on any atom is 0.416 e. The van der Waals surface area contributed by atoms with Crippen LogP contribution in [0, 0.1) is 5.92 Å². The topological polar surface area (TPSA) is 63.5 Å². The fourth-order valence-electron chi connectivity index (χ4n) is 5.19. The van der Waals surface area contributed by atoms with Crippen molar-refractivity contribution in [1.82, 2.24) is 4.90 Å². The molecule has 0 unspecified atom stereocenters. The van der Waals surface area contributed by atoms with Gasteiger partial charge in [-0.3, -0.25) is 9.69 Å². The van der Waals surface area contributed by atoms with Gasteiger partial charge in [0.1, 0.15) is 11.9 Å². The summed E-state index contributed by atoms with van der Waals surface area (Å²) < 4.78 is 49.9. The highest BCUT2D eigenvalue weighted by Gasteiger charge is 2.43. The molecule has 0 spiro atoms. The minimum atomic E-state index is -4.38. The van der Waals surface area contributed by atoms with Crippen molar-refractivity contribution < 1.29 is 27.4 Å². The number of aliphatic imine (C=N–C) groups is 2. The third kappa shape index (κ3) is 5.21. The zero-order valence-electron chi connectivity index (χ0n) is 20.7. The van der Waals surface area contributed by atoms with Gasteiger partial charge in [0.2, 0.25) is 0 Å². The van der Waals surface area contributed by atoms with E-state index in [1.807, 2.05) is 4.90 Å². The lowest BCUT2D eigenvalue weighted by molar-refractivity contribution is -0.137. The molecule has 2 aromatic rings. The number of carbonyl (C=O) groups is 1. The molecule has 1 amide bonds. The number of alkyl halides is 3. The molecule has 0 saturated heterocycles. The first-order valence-electron chi connectivity index (χ1n) is 12.3. The number of hydrogen-bond donors (Lipinski definition) is 0. The van der Waals surface area contributed by atoms with Gasteiger partial charge in [-0.05, 0) is 36.1 Å². The average molecular weight is 532 g/mol. The van der Waals surface area contributed by atoms with Gasteiger partial charge in [0.25, 0.3) is 5.91 Å². The van der Waals surface area contributed by atoms with Crippen LogP contribution in [0.3, 0.4) is 0 Å². The van der Waals surface area contributed by atoms with E-state index in [1.165, 1.54) is 43.2 Å². The van der Waals surface area contributed by atoms with Gasteiger partial charge in [-0.25, -0.2) is 4.99 Å². The molecule has 5 rings (SSSR count). The van der Waals surface area contributed by atoms with Gasteiger partial charge in [-0.2, -0.15) is 18.2 Å². The van der Waals surface area contributed by atoms with Crippen LogP contribution in [-0.2, 0) is 16.7 Å². The zero-order valence-corrected chi connectivity index (χ0v) is 21.5. The van der Waals surface area contributed by atoms with Crippen molar-refractivity contribution in [2.45, 2.75) is 56.5 Å². The third-order valence-electron chi connectivity index (χ3n) is 7.14. The maximum atomic E-state index is 13.2. The Morgan fingerprint density at radius 1 is 1.00 bits per heavy atom. The number of rotatable bonds is 6. The van der Waals surface area contributed by atoms with Crippen molar-refractivity contribution in [2.24, 2.45) is 15.9 Å². The lowest BCUT2D eigenvalue weighted by Crippen LogP contribution is -2.44. The van der Waals surface area contributed by atoms with Crippen LogP contribution in [0.5, 0.6) is 11.5 Å². The SMILES string of the molecule is COc1cc2c(cc1OC)C1=NC(=O)[C@@H](CC3CCCCC3)N1C(SCc1ccc(C(F)(F)F)cc1)=N2. The van der Waals surface area contributed by atoms with Crippen LogP contribution >= 0.6 is 11.8 Å². The van der Waals surface area contributed by atoms with Gasteiger partial charge in [-0.15, -0.1) is 0 Å². The molecular formula is C27H28F3N3O3S. The van der Waals surface area contributed by atoms with Gasteiger partial charge >= 0.3 is 6.18 Å². The fraction of sp³-hybridized carbons (Fsp3) is 0.444. The molecule has 1 atom stereocenters. The van der Waals surface area contributed by atoms with Gasteiger partial charge in [-0.1, -0.05) is 56.0 Å². The van der Waals surface area contributed by atoms with Crippen LogP contribution in [0.25, 0.3) is 0 Å². The summed E-state index contributed by atoms with van der Waals surface area (Å²) in [4.78, 5) is 24.5. The molecule has 3 aliphatic rings. The summed E-state index contributed by atoms with van der Waals surface area (Å²) in [5.74, 6) is 2.22. The van der Waals surface area contributed by atoms with Crippen molar-refractivity contribution in [2.75, 3.05) is 14.2 Å². The van der Waals surface area contributed by atoms with E-state index >= 15 is 0 Å². The Hall–Kier alpha value is -3.01. The minimum absolute atomic E-state index is 0.189. The summed E-state index contributed by atoms with van der Waals surface area (Å²) in [6, 6.07) is 8.22. The zero-order chi connectivity index (χ0) is 26.2. The van der Waals surface area contributed by atoms with E-state index in [-0.39, 0.29) is 5.91 Å². The predicted octanol–water partition coefficient (Wildman–Crippen LogP) is 6.58. The van der Waals surface area contributed by atoms with Gasteiger partial charge < -0.3 is 9.47 Å². The lowest BCUT2D eigenvalue weighted by atomic mass is 9.84. The van der Waals surface area contributed by atoms with E-state index in [1.54, 1.807) is 26.4 Å². The Bertz CT molecular complexity index is 1240. The van der Waals surface area contributed by atoms with Gasteiger partial charge in [0, 0.05) is 17.4 Å². The van der Waals surface area contributed by atoms with Crippen LogP contribution in [-0.4, -0.2) is 42.1 Å². The molecule has 0 aromatic heterocycles. The number of fused-ring (bicyclic) bond motifs is 3. The van der Waals surface area contributed by atoms with Gasteiger partial charge in [0.05, 0.1) is 25.5 Å². The summed E-state index contributed by atoms with van der Waals surface area (Å²) in [5.41, 5.74) is 1.34. The van der Waals surface area contributed by atoms with E-state index < -0.39 is 17.8 Å². The second-order valence-electron chi connectivity index (χ2n) is 9.50. The Kier molecular flexibility index (Phi) is 7.20. The molecule has 2 aliphatic heterocycles. The molecule has 1 aliphatic carbocycles. The Labute approximate surface area is 218 Å². The summed E-state index contributed by atoms with van der Waals surface area (Å²) in [6.07, 6.45) is 2.08. The fourth-order valence-corrected chi connectivity index (χ4v) is 6.19. The number of thioether (sulfide) groups is 1. The Morgan fingerprint density at radius 3 is 2.32 bits per heavy atom. The molecule has 0 N–H and O–H groups in total. The molecule has 0 bridgehead atoms. The molecule has 1 saturated carbocycles. The number of hydrogen-bond acceptors (Lipinski definition) is 6. The monoisotopic (exact) mass is 531 g/mol. The minimum Gasteiger partial charge on any atom is -0.493 e. The molecule has 2 aromatic carbocycles. The van der Waals surface area contributed by atoms with Crippen molar-refractivity contribution in [3.8, 4) is 11.5 Å². The van der Waals surface area contributed by atoms with Crippen LogP contribution in [0.2, 0.25) is 0 Å². The number of benzene rings is 2. The van der Waals surface area contributed by atoms with Crippen LogP contribution < -0.4 is 9.47 Å². The first-order chi connectivity index (χ1) is 17.8. The van der Waals surface area contributed by atoms with Crippen molar-refractivity contribution in [3.05, 3.63) is 53.1 Å². The second kappa shape index (κ2) is 10.4. The molecule has 196 valence electrons. The summed E-state index contributed by atoms with van der Waals surface area (Å²) in [5, 5.41) is 0.602. The number of methoxy groups -OCH3 is 2. The standard InChI is InChI=1S/C27H28F3N3O3S/c1-35-22-13-19-20(14-23(22)36-2)31-26(37-15-17-8-10-18(11-9-17)27(28,29)30)33-21(25(34)32-24(19)33)12-16-6-4-3-5-7-16/h8-11,13-14,16,21H,3-7,12,15H2,1-2H3/t21-/m1/s1. The average Bonchev–Trinajstić information content (AvgIpc) is 3.22. The molecule has 37 heavy (non-hydrogen) atoms. The Morgan fingerprint density at radius 2 is 1.68 bits per heavy atom. The van der Waals surface area contributed by atoms with E-state index in [0.29, 0.717) is 51.8 Å². The van der Waals surface area contributed by atoms with Crippen LogP contribution in [0.4, 0.5) is 18.9 Å². The number of ether oxygens (including phenoxy) is 2. The highest BCUT2D eigenvalue weighted by atomic mass is 32.2. The number of amides is 1. The highest BCUT2D eigenvalue weighted by molar-refractivity contribution is 8.13. The van der Waals surface area contributed by atoms with Crippen molar-refractivity contribution in [3.63, 3.8) is 0 Å². The summed E-state index contributed by atoms with van der Waals surface area (Å²) in [7, 11) is 3.09. The number of halogens is 3. The number of amidine groups is 2. The maximum absolute atomic E-state index is 13.2. The first kappa shape index (κ1) is 25.6. The van der Waals surface area contributed by atoms with E-state index in [2.05, 4.69) is 4.99 Å². The quantitative estimate of drug-likeness (QED) is 0.421. The Balaban J connectivity index is 1.47. The molecule has 10 heteroatoms. The van der Waals surface area contributed by atoms with E-state index in [9.17, 15) is 18.0 Å². The lowest BCUT2D eigenvalue weighted by Gasteiger charge is -2.33. The summed E-state index contributed by atoms with van der Waals surface area (Å²) in [6.45, 7) is 0. The highest BCUT2D eigenvalue weighted by Crippen LogP contribution is 2.42. The van der Waals surface area contributed by atoms with Crippen molar-refractivity contribution >= 4 is 34.4 Å². The molecular weight excluding hydrogens is 503 g/mol. The molecule has 6 nitrogen and oxygen atoms in total. The molecule has 2 heterocycles. The second-order valence-corrected chi connectivity index (χ2v) is 10.4. The van der Waals surface area contributed by atoms with Crippen molar-refractivity contribution in [1.29, 1.82) is 0 Å². The first-order valence-corrected chi connectivity index (χ1v) is 13.3. The summed E-state index contributed by atoms with van der Waals surface area (Å²) >= 11 is 1.38. The third-order valence-corrected chi connectivity index (χ3v) is 8.16. The smallest absolute Gasteiger partial charge is 0.416 e. The van der Waals surface area contributed by atoms with E-state index in [0.717, 1.165) is 30.5 Å². The van der Waals surface area contributed by atoms with Crippen LogP contribution in [0.15, 0.2) is 46.4 Å². The number of carbonyl (C=O) groups excluding carboxylic acids is 1. The van der Waals surface area contributed by atoms with Crippen LogP contribution in [0.1, 0.15) is 55.2 Å². The molecule has 0 radical (unpaired) electrons. The number of nitrogens with zero attached hydrogens (tertiary/aromatic N) is 3. The largest absolute Gasteiger partial charge is 0.493 e. The molecule has 1 fully saturated rings. The van der Waals surface area contributed by atoms with Gasteiger partial charge in [0.15, 0.2) is 16.7 Å².